The van der Waals surface area contributed by atoms with Crippen molar-refractivity contribution in [1.82, 2.24) is 0 Å². The number of methoxy groups -OCH3 is 1. The van der Waals surface area contributed by atoms with Gasteiger partial charge in [-0.2, -0.15) is 0 Å². The van der Waals surface area contributed by atoms with E-state index >= 15 is 0 Å². The summed E-state index contributed by atoms with van der Waals surface area (Å²) in [5.74, 6) is -0.558. The molecule has 1 aromatic heterocycles. The van der Waals surface area contributed by atoms with Gasteiger partial charge in [0.15, 0.2) is 0 Å². The molecule has 4 nitrogen and oxygen atoms in total. The Morgan fingerprint density at radius 1 is 1.14 bits per heavy atom. The first-order valence-corrected chi connectivity index (χ1v) is 6.89. The first-order valence-electron chi connectivity index (χ1n) is 6.51. The Bertz CT molecular complexity index is 927. The maximum atomic E-state index is 12.2. The molecule has 2 aromatic carbocycles. The van der Waals surface area contributed by atoms with E-state index in [0.29, 0.717) is 16.7 Å². The van der Waals surface area contributed by atoms with Crippen LogP contribution in [0.3, 0.4) is 0 Å². The normalized spacial score (nSPS) is 10.6. The predicted molar refractivity (Wildman–Crippen MR) is 84.3 cm³/mol. The average Bonchev–Trinajstić information content (AvgIpc) is 2.54. The number of halogens is 1. The minimum Gasteiger partial charge on any atom is -0.465 e. The molecule has 0 aliphatic rings. The fraction of sp³-hybridized carbons (Fsp3) is 0.0588. The van der Waals surface area contributed by atoms with Gasteiger partial charge in [-0.15, -0.1) is 0 Å². The van der Waals surface area contributed by atoms with Crippen LogP contribution in [0.25, 0.3) is 22.1 Å². The molecular formula is C17H11ClO4. The minimum atomic E-state index is -0.558. The smallest absolute Gasteiger partial charge is 0.344 e. The van der Waals surface area contributed by atoms with Crippen molar-refractivity contribution in [2.75, 3.05) is 7.11 Å². The molecule has 3 aromatic rings. The molecule has 0 aliphatic carbocycles. The molecule has 22 heavy (non-hydrogen) atoms. The van der Waals surface area contributed by atoms with E-state index in [1.54, 1.807) is 30.3 Å². The topological polar surface area (TPSA) is 56.5 Å². The van der Waals surface area contributed by atoms with Crippen LogP contribution in [0.2, 0.25) is 5.02 Å². The number of fused-ring (bicyclic) bond motifs is 1. The molecule has 0 saturated heterocycles. The van der Waals surface area contributed by atoms with Crippen molar-refractivity contribution >= 4 is 28.5 Å². The summed E-state index contributed by atoms with van der Waals surface area (Å²) >= 11 is 5.99. The molecule has 1 heterocycles. The SMILES string of the molecule is COC(=O)c1cc(-c2cc3ccccc3oc2=O)ccc1Cl. The van der Waals surface area contributed by atoms with Crippen molar-refractivity contribution in [3.63, 3.8) is 0 Å². The van der Waals surface area contributed by atoms with E-state index in [0.717, 1.165) is 5.39 Å². The maximum Gasteiger partial charge on any atom is 0.344 e. The summed E-state index contributed by atoms with van der Waals surface area (Å²) in [5.41, 5.74) is 1.15. The number of rotatable bonds is 2. The number of esters is 1. The number of hydrogen-bond donors (Lipinski definition) is 0. The molecule has 0 fully saturated rings. The van der Waals surface area contributed by atoms with Gasteiger partial charge in [0.1, 0.15) is 5.58 Å². The van der Waals surface area contributed by atoms with Crippen LogP contribution >= 0.6 is 11.6 Å². The molecule has 0 aliphatic heterocycles. The van der Waals surface area contributed by atoms with Crippen LogP contribution in [-0.2, 0) is 4.74 Å². The highest BCUT2D eigenvalue weighted by atomic mass is 35.5. The van der Waals surface area contributed by atoms with Crippen molar-refractivity contribution in [3.8, 4) is 11.1 Å². The maximum absolute atomic E-state index is 12.2. The number of hydrogen-bond acceptors (Lipinski definition) is 4. The molecule has 0 unspecified atom stereocenters. The van der Waals surface area contributed by atoms with Gasteiger partial charge in [0, 0.05) is 5.39 Å². The molecule has 0 bridgehead atoms. The Morgan fingerprint density at radius 2 is 1.91 bits per heavy atom. The van der Waals surface area contributed by atoms with Crippen LogP contribution in [0.4, 0.5) is 0 Å². The summed E-state index contributed by atoms with van der Waals surface area (Å²) in [7, 11) is 1.27. The van der Waals surface area contributed by atoms with E-state index in [1.807, 2.05) is 12.1 Å². The summed E-state index contributed by atoms with van der Waals surface area (Å²) in [5, 5.41) is 1.06. The standard InChI is InChI=1S/C17H11ClO4/c1-21-16(19)13-8-10(6-7-14(13)18)12-9-11-4-2-3-5-15(11)22-17(12)20/h2-9H,1H3. The summed E-state index contributed by atoms with van der Waals surface area (Å²) in [6.07, 6.45) is 0. The highest BCUT2D eigenvalue weighted by Gasteiger charge is 2.14. The van der Waals surface area contributed by atoms with Gasteiger partial charge in [-0.1, -0.05) is 35.9 Å². The van der Waals surface area contributed by atoms with Crippen LogP contribution < -0.4 is 5.63 Å². The second kappa shape index (κ2) is 5.66. The van der Waals surface area contributed by atoms with Gasteiger partial charge >= 0.3 is 11.6 Å². The van der Waals surface area contributed by atoms with Gasteiger partial charge in [-0.3, -0.25) is 0 Å². The first kappa shape index (κ1) is 14.4. The molecule has 0 atom stereocenters. The minimum absolute atomic E-state index is 0.203. The third kappa shape index (κ3) is 2.49. The van der Waals surface area contributed by atoms with Crippen molar-refractivity contribution in [2.24, 2.45) is 0 Å². The highest BCUT2D eigenvalue weighted by Crippen LogP contribution is 2.26. The first-order chi connectivity index (χ1) is 10.6. The van der Waals surface area contributed by atoms with Gasteiger partial charge in [-0.05, 0) is 29.8 Å². The Hall–Kier alpha value is -2.59. The summed E-state index contributed by atoms with van der Waals surface area (Å²) < 4.78 is 9.98. The predicted octanol–water partition coefficient (Wildman–Crippen LogP) is 3.90. The second-order valence-electron chi connectivity index (χ2n) is 4.67. The molecule has 0 saturated carbocycles. The summed E-state index contributed by atoms with van der Waals surface area (Å²) in [6, 6.07) is 13.7. The molecule has 0 spiro atoms. The van der Waals surface area contributed by atoms with Gasteiger partial charge in [0.05, 0.1) is 23.3 Å². The largest absolute Gasteiger partial charge is 0.465 e. The Balaban J connectivity index is 2.21. The van der Waals surface area contributed by atoms with Gasteiger partial charge in [0.2, 0.25) is 0 Å². The van der Waals surface area contributed by atoms with Crippen LogP contribution in [0.1, 0.15) is 10.4 Å². The number of carbonyl (C=O) groups is 1. The highest BCUT2D eigenvalue weighted by molar-refractivity contribution is 6.33. The molecule has 110 valence electrons. The lowest BCUT2D eigenvalue weighted by Gasteiger charge is -2.06. The zero-order valence-corrected chi connectivity index (χ0v) is 12.4. The number of carbonyl (C=O) groups excluding carboxylic acids is 1. The Labute approximate surface area is 130 Å². The monoisotopic (exact) mass is 314 g/mol. The quantitative estimate of drug-likeness (QED) is 0.532. The van der Waals surface area contributed by atoms with Crippen molar-refractivity contribution in [2.45, 2.75) is 0 Å². The molecule has 0 radical (unpaired) electrons. The van der Waals surface area contributed by atoms with E-state index in [9.17, 15) is 9.59 Å². The third-order valence-corrected chi connectivity index (χ3v) is 3.65. The van der Waals surface area contributed by atoms with Crippen molar-refractivity contribution in [1.29, 1.82) is 0 Å². The lowest BCUT2D eigenvalue weighted by atomic mass is 10.0. The van der Waals surface area contributed by atoms with E-state index in [-0.39, 0.29) is 10.6 Å². The molecule has 3 rings (SSSR count). The zero-order chi connectivity index (χ0) is 15.7. The number of benzene rings is 2. The lowest BCUT2D eigenvalue weighted by molar-refractivity contribution is 0.0601. The van der Waals surface area contributed by atoms with Crippen molar-refractivity contribution < 1.29 is 13.9 Å². The molecular weight excluding hydrogens is 304 g/mol. The van der Waals surface area contributed by atoms with Crippen LogP contribution in [0.15, 0.2) is 57.7 Å². The van der Waals surface area contributed by atoms with Gasteiger partial charge in [-0.25, -0.2) is 9.59 Å². The zero-order valence-electron chi connectivity index (χ0n) is 11.6. The number of ether oxygens (including phenoxy) is 1. The second-order valence-corrected chi connectivity index (χ2v) is 5.08. The van der Waals surface area contributed by atoms with Gasteiger partial charge in [0.25, 0.3) is 0 Å². The fourth-order valence-electron chi connectivity index (χ4n) is 2.22. The fourth-order valence-corrected chi connectivity index (χ4v) is 2.42. The summed E-state index contributed by atoms with van der Waals surface area (Å²) in [6.45, 7) is 0. The van der Waals surface area contributed by atoms with Gasteiger partial charge < -0.3 is 9.15 Å². The molecule has 0 N–H and O–H groups in total. The number of para-hydroxylation sites is 1. The van der Waals surface area contributed by atoms with Crippen LogP contribution in [0, 0.1) is 0 Å². The Morgan fingerprint density at radius 3 is 2.68 bits per heavy atom. The molecule has 0 amide bonds. The van der Waals surface area contributed by atoms with E-state index in [4.69, 9.17) is 16.0 Å². The lowest BCUT2D eigenvalue weighted by Crippen LogP contribution is -2.05. The van der Waals surface area contributed by atoms with E-state index < -0.39 is 11.6 Å². The third-order valence-electron chi connectivity index (χ3n) is 3.32. The molecule has 5 heteroatoms. The van der Waals surface area contributed by atoms with Crippen molar-refractivity contribution in [3.05, 3.63) is 69.5 Å². The summed E-state index contributed by atoms with van der Waals surface area (Å²) in [4.78, 5) is 23.9. The average molecular weight is 315 g/mol. The van der Waals surface area contributed by atoms with E-state index in [1.165, 1.54) is 13.2 Å². The van der Waals surface area contributed by atoms with Crippen LogP contribution in [-0.4, -0.2) is 13.1 Å². The van der Waals surface area contributed by atoms with E-state index in [2.05, 4.69) is 4.74 Å². The Kier molecular flexibility index (Phi) is 3.69. The van der Waals surface area contributed by atoms with Crippen LogP contribution in [0.5, 0.6) is 0 Å².